The second-order valence-electron chi connectivity index (χ2n) is 6.51. The van der Waals surface area contributed by atoms with Gasteiger partial charge in [-0.15, -0.1) is 11.8 Å². The molecule has 1 amide bonds. The van der Waals surface area contributed by atoms with Crippen LogP contribution in [0.1, 0.15) is 26.3 Å². The minimum atomic E-state index is -2.86. The third-order valence-electron chi connectivity index (χ3n) is 3.45. The summed E-state index contributed by atoms with van der Waals surface area (Å²) in [6.45, 7) is 3.60. The molecule has 0 unspecified atom stereocenters. The van der Waals surface area contributed by atoms with Crippen molar-refractivity contribution >= 4 is 23.4 Å². The fraction of sp³-hybridized carbons (Fsp3) is 0.316. The SMILES string of the molecule is CC(C)(C)c1ccc(SCC(=O)Nc2ccc(OC(F)F)cc2)cc1. The van der Waals surface area contributed by atoms with E-state index in [1.165, 1.54) is 41.6 Å². The summed E-state index contributed by atoms with van der Waals surface area (Å²) in [5.74, 6) is 0.165. The summed E-state index contributed by atoms with van der Waals surface area (Å²) in [6.07, 6.45) is 0. The topological polar surface area (TPSA) is 38.3 Å². The molecule has 25 heavy (non-hydrogen) atoms. The molecular formula is C19H21F2NO2S. The van der Waals surface area contributed by atoms with Crippen molar-refractivity contribution in [3.63, 3.8) is 0 Å². The number of benzene rings is 2. The maximum Gasteiger partial charge on any atom is 0.387 e. The summed E-state index contributed by atoms with van der Waals surface area (Å²) in [5, 5.41) is 2.73. The van der Waals surface area contributed by atoms with E-state index < -0.39 is 6.61 Å². The van der Waals surface area contributed by atoms with Crippen LogP contribution in [0.25, 0.3) is 0 Å². The van der Waals surface area contributed by atoms with E-state index in [9.17, 15) is 13.6 Å². The van der Waals surface area contributed by atoms with Crippen molar-refractivity contribution in [1.29, 1.82) is 0 Å². The van der Waals surface area contributed by atoms with E-state index in [1.807, 2.05) is 12.1 Å². The molecular weight excluding hydrogens is 344 g/mol. The van der Waals surface area contributed by atoms with Gasteiger partial charge in [0, 0.05) is 10.6 Å². The minimum absolute atomic E-state index is 0.0568. The molecule has 3 nitrogen and oxygen atoms in total. The van der Waals surface area contributed by atoms with Gasteiger partial charge < -0.3 is 10.1 Å². The molecule has 0 bridgehead atoms. The first-order valence-electron chi connectivity index (χ1n) is 7.82. The number of hydrogen-bond donors (Lipinski definition) is 1. The Bertz CT molecular complexity index is 695. The zero-order chi connectivity index (χ0) is 18.4. The van der Waals surface area contributed by atoms with Crippen LogP contribution >= 0.6 is 11.8 Å². The Kier molecular flexibility index (Phi) is 6.42. The average Bonchev–Trinajstić information content (AvgIpc) is 2.54. The van der Waals surface area contributed by atoms with Gasteiger partial charge in [0.1, 0.15) is 5.75 Å². The molecule has 0 fully saturated rings. The third kappa shape index (κ3) is 6.38. The summed E-state index contributed by atoms with van der Waals surface area (Å²) >= 11 is 1.44. The standard InChI is InChI=1S/C19H21F2NO2S/c1-19(2,3)13-4-10-16(11-5-13)25-12-17(23)22-14-6-8-15(9-7-14)24-18(20)21/h4-11,18H,12H2,1-3H3,(H,22,23). The molecule has 0 radical (unpaired) electrons. The van der Waals surface area contributed by atoms with Crippen molar-refractivity contribution in [1.82, 2.24) is 0 Å². The Balaban J connectivity index is 1.84. The van der Waals surface area contributed by atoms with Crippen molar-refractivity contribution in [2.24, 2.45) is 0 Å². The monoisotopic (exact) mass is 365 g/mol. The Morgan fingerprint density at radius 1 is 1.08 bits per heavy atom. The van der Waals surface area contributed by atoms with Gasteiger partial charge in [-0.2, -0.15) is 8.78 Å². The number of carbonyl (C=O) groups excluding carboxylic acids is 1. The lowest BCUT2D eigenvalue weighted by molar-refractivity contribution is -0.113. The fourth-order valence-corrected chi connectivity index (χ4v) is 2.82. The molecule has 2 aromatic carbocycles. The van der Waals surface area contributed by atoms with E-state index in [0.29, 0.717) is 5.69 Å². The molecule has 0 saturated carbocycles. The molecule has 0 aliphatic rings. The Morgan fingerprint density at radius 3 is 2.20 bits per heavy atom. The van der Waals surface area contributed by atoms with Gasteiger partial charge in [0.25, 0.3) is 0 Å². The van der Waals surface area contributed by atoms with Crippen molar-refractivity contribution in [2.45, 2.75) is 37.7 Å². The number of hydrogen-bond acceptors (Lipinski definition) is 3. The van der Waals surface area contributed by atoms with E-state index in [2.05, 4.69) is 43.0 Å². The van der Waals surface area contributed by atoms with Crippen LogP contribution in [0.15, 0.2) is 53.4 Å². The summed E-state index contributed by atoms with van der Waals surface area (Å²) in [7, 11) is 0. The van der Waals surface area contributed by atoms with Gasteiger partial charge in [0.05, 0.1) is 5.75 Å². The van der Waals surface area contributed by atoms with Gasteiger partial charge in [-0.05, 0) is 47.4 Å². The molecule has 0 aromatic heterocycles. The lowest BCUT2D eigenvalue weighted by atomic mass is 9.87. The lowest BCUT2D eigenvalue weighted by Crippen LogP contribution is -2.14. The zero-order valence-electron chi connectivity index (χ0n) is 14.4. The largest absolute Gasteiger partial charge is 0.435 e. The maximum atomic E-state index is 12.1. The van der Waals surface area contributed by atoms with Gasteiger partial charge in [0.15, 0.2) is 0 Å². The van der Waals surface area contributed by atoms with E-state index in [-0.39, 0.29) is 22.8 Å². The van der Waals surface area contributed by atoms with Crippen LogP contribution in [0.5, 0.6) is 5.75 Å². The van der Waals surface area contributed by atoms with Gasteiger partial charge >= 0.3 is 6.61 Å². The van der Waals surface area contributed by atoms with E-state index in [4.69, 9.17) is 0 Å². The first-order valence-corrected chi connectivity index (χ1v) is 8.81. The van der Waals surface area contributed by atoms with Gasteiger partial charge in [0.2, 0.25) is 5.91 Å². The van der Waals surface area contributed by atoms with E-state index in [1.54, 1.807) is 0 Å². The number of anilines is 1. The van der Waals surface area contributed by atoms with E-state index >= 15 is 0 Å². The van der Waals surface area contributed by atoms with Crippen LogP contribution in [0.2, 0.25) is 0 Å². The van der Waals surface area contributed by atoms with Crippen molar-refractivity contribution in [3.8, 4) is 5.75 Å². The summed E-state index contributed by atoms with van der Waals surface area (Å²) in [6, 6.07) is 14.0. The molecule has 0 aliphatic heterocycles. The lowest BCUT2D eigenvalue weighted by Gasteiger charge is -2.19. The predicted octanol–water partition coefficient (Wildman–Crippen LogP) is 5.32. The van der Waals surface area contributed by atoms with Crippen molar-refractivity contribution in [2.75, 3.05) is 11.1 Å². The number of rotatable bonds is 6. The van der Waals surface area contributed by atoms with Gasteiger partial charge in [-0.1, -0.05) is 32.9 Å². The normalized spacial score (nSPS) is 11.4. The molecule has 6 heteroatoms. The Hall–Kier alpha value is -2.08. The van der Waals surface area contributed by atoms with Crippen LogP contribution in [0.4, 0.5) is 14.5 Å². The van der Waals surface area contributed by atoms with Crippen LogP contribution in [-0.2, 0) is 10.2 Å². The summed E-state index contributed by atoms with van der Waals surface area (Å²) in [5.41, 5.74) is 1.88. The summed E-state index contributed by atoms with van der Waals surface area (Å²) in [4.78, 5) is 13.0. The highest BCUT2D eigenvalue weighted by atomic mass is 32.2. The molecule has 0 heterocycles. The second-order valence-corrected chi connectivity index (χ2v) is 7.56. The highest BCUT2D eigenvalue weighted by Gasteiger charge is 2.13. The molecule has 134 valence electrons. The number of amides is 1. The van der Waals surface area contributed by atoms with Crippen molar-refractivity contribution < 1.29 is 18.3 Å². The number of nitrogens with one attached hydrogen (secondary N) is 1. The first-order chi connectivity index (χ1) is 11.7. The number of carbonyl (C=O) groups is 1. The minimum Gasteiger partial charge on any atom is -0.435 e. The molecule has 2 aromatic rings. The predicted molar refractivity (Wildman–Crippen MR) is 97.6 cm³/mol. The van der Waals surface area contributed by atoms with Crippen LogP contribution in [0, 0.1) is 0 Å². The Labute approximate surface area is 150 Å². The molecule has 0 saturated heterocycles. The van der Waals surface area contributed by atoms with Crippen LogP contribution in [0.3, 0.4) is 0 Å². The summed E-state index contributed by atoms with van der Waals surface area (Å²) < 4.78 is 28.4. The highest BCUT2D eigenvalue weighted by molar-refractivity contribution is 8.00. The number of halogens is 2. The Morgan fingerprint density at radius 2 is 1.68 bits per heavy atom. The zero-order valence-corrected chi connectivity index (χ0v) is 15.2. The molecule has 0 atom stereocenters. The molecule has 2 rings (SSSR count). The van der Waals surface area contributed by atoms with Gasteiger partial charge in [-0.3, -0.25) is 4.79 Å². The number of thioether (sulfide) groups is 1. The third-order valence-corrected chi connectivity index (χ3v) is 4.47. The molecule has 0 aliphatic carbocycles. The molecule has 1 N–H and O–H groups in total. The average molecular weight is 365 g/mol. The fourth-order valence-electron chi connectivity index (χ4n) is 2.12. The van der Waals surface area contributed by atoms with Crippen molar-refractivity contribution in [3.05, 3.63) is 54.1 Å². The highest BCUT2D eigenvalue weighted by Crippen LogP contribution is 2.26. The second kappa shape index (κ2) is 8.34. The number of ether oxygens (including phenoxy) is 1. The maximum absolute atomic E-state index is 12.1. The molecule has 0 spiro atoms. The van der Waals surface area contributed by atoms with E-state index in [0.717, 1.165) is 4.90 Å². The number of alkyl halides is 2. The first kappa shape index (κ1) is 19.2. The quantitative estimate of drug-likeness (QED) is 0.705. The smallest absolute Gasteiger partial charge is 0.387 e. The van der Waals surface area contributed by atoms with Gasteiger partial charge in [-0.25, -0.2) is 0 Å². The van der Waals surface area contributed by atoms with Crippen LogP contribution < -0.4 is 10.1 Å². The van der Waals surface area contributed by atoms with Crippen LogP contribution in [-0.4, -0.2) is 18.3 Å².